The van der Waals surface area contributed by atoms with Crippen molar-refractivity contribution in [1.82, 2.24) is 20.2 Å². The summed E-state index contributed by atoms with van der Waals surface area (Å²) in [7, 11) is 3.75. The summed E-state index contributed by atoms with van der Waals surface area (Å²) >= 11 is 5.93. The minimum absolute atomic E-state index is 0.00772. The zero-order valence-corrected chi connectivity index (χ0v) is 14.8. The maximum absolute atomic E-state index is 12.8. The third kappa shape index (κ3) is 5.57. The number of nitrogens with one attached hydrogen (secondary N) is 2. The third-order valence-corrected chi connectivity index (χ3v) is 3.60. The molecular formula is C16H17ClF3N5O. The van der Waals surface area contributed by atoms with Crippen LogP contribution in [0.1, 0.15) is 16.1 Å². The Labute approximate surface area is 153 Å². The molecule has 1 aromatic carbocycles. The summed E-state index contributed by atoms with van der Waals surface area (Å²) < 4.78 is 38.5. The van der Waals surface area contributed by atoms with Crippen molar-refractivity contribution in [3.63, 3.8) is 0 Å². The topological polar surface area (TPSA) is 70.2 Å². The van der Waals surface area contributed by atoms with Crippen molar-refractivity contribution in [2.24, 2.45) is 0 Å². The van der Waals surface area contributed by atoms with Gasteiger partial charge >= 0.3 is 6.18 Å². The van der Waals surface area contributed by atoms with Crippen LogP contribution < -0.4 is 10.6 Å². The van der Waals surface area contributed by atoms with Gasteiger partial charge in [-0.1, -0.05) is 11.6 Å². The number of rotatable bonds is 6. The van der Waals surface area contributed by atoms with Crippen molar-refractivity contribution in [1.29, 1.82) is 0 Å². The van der Waals surface area contributed by atoms with E-state index in [2.05, 4.69) is 20.6 Å². The van der Waals surface area contributed by atoms with E-state index in [-0.39, 0.29) is 22.4 Å². The van der Waals surface area contributed by atoms with E-state index in [1.807, 2.05) is 19.0 Å². The Morgan fingerprint density at radius 3 is 2.65 bits per heavy atom. The standard InChI is InChI=1S/C16H17ClF3N5O/c1-25(2)8-7-21-14(26)12-5-6-22-15(23-12)24-13-9-10(16(18,19)20)3-4-11(13)17/h3-6,9H,7-8H2,1-2H3,(H,21,26)(H,22,23,24). The molecule has 10 heteroatoms. The average Bonchev–Trinajstić information content (AvgIpc) is 2.55. The first kappa shape index (κ1) is 19.9. The second kappa shape index (κ2) is 8.33. The number of nitrogens with zero attached hydrogens (tertiary/aromatic N) is 3. The molecule has 0 atom stereocenters. The highest BCUT2D eigenvalue weighted by molar-refractivity contribution is 6.33. The number of benzene rings is 1. The van der Waals surface area contributed by atoms with Crippen LogP contribution in [0.3, 0.4) is 0 Å². The number of hydrogen-bond acceptors (Lipinski definition) is 5. The van der Waals surface area contributed by atoms with E-state index in [1.54, 1.807) is 0 Å². The predicted molar refractivity (Wildman–Crippen MR) is 92.7 cm³/mol. The van der Waals surface area contributed by atoms with E-state index >= 15 is 0 Å². The summed E-state index contributed by atoms with van der Waals surface area (Å²) in [4.78, 5) is 21.9. The van der Waals surface area contributed by atoms with Gasteiger partial charge in [0, 0.05) is 19.3 Å². The van der Waals surface area contributed by atoms with E-state index in [0.717, 1.165) is 18.2 Å². The zero-order chi connectivity index (χ0) is 19.3. The van der Waals surface area contributed by atoms with Gasteiger partial charge in [0.25, 0.3) is 5.91 Å². The van der Waals surface area contributed by atoms with Gasteiger partial charge in [-0.15, -0.1) is 0 Å². The molecule has 140 valence electrons. The number of halogens is 4. The first-order valence-electron chi connectivity index (χ1n) is 7.56. The van der Waals surface area contributed by atoms with Gasteiger partial charge in [0.05, 0.1) is 16.3 Å². The van der Waals surface area contributed by atoms with E-state index < -0.39 is 17.6 Å². The van der Waals surface area contributed by atoms with Crippen LogP contribution in [-0.2, 0) is 6.18 Å². The maximum atomic E-state index is 12.8. The highest BCUT2D eigenvalue weighted by atomic mass is 35.5. The molecule has 2 rings (SSSR count). The number of carbonyl (C=O) groups is 1. The lowest BCUT2D eigenvalue weighted by atomic mass is 10.2. The average molecular weight is 388 g/mol. The summed E-state index contributed by atoms with van der Waals surface area (Å²) in [5, 5.41) is 5.37. The van der Waals surface area contributed by atoms with Crippen molar-refractivity contribution in [3.05, 3.63) is 46.7 Å². The summed E-state index contributed by atoms with van der Waals surface area (Å²) in [6, 6.07) is 4.27. The fourth-order valence-corrected chi connectivity index (χ4v) is 2.11. The van der Waals surface area contributed by atoms with Crippen LogP contribution in [0.15, 0.2) is 30.5 Å². The van der Waals surface area contributed by atoms with Crippen LogP contribution >= 0.6 is 11.6 Å². The van der Waals surface area contributed by atoms with E-state index in [4.69, 9.17) is 11.6 Å². The molecule has 0 fully saturated rings. The summed E-state index contributed by atoms with van der Waals surface area (Å²) in [6.45, 7) is 1.08. The highest BCUT2D eigenvalue weighted by Crippen LogP contribution is 2.34. The Morgan fingerprint density at radius 1 is 1.27 bits per heavy atom. The highest BCUT2D eigenvalue weighted by Gasteiger charge is 2.31. The zero-order valence-electron chi connectivity index (χ0n) is 14.1. The number of likely N-dealkylation sites (N-methyl/N-ethyl adjacent to an activating group) is 1. The van der Waals surface area contributed by atoms with Gasteiger partial charge in [-0.2, -0.15) is 13.2 Å². The molecule has 0 radical (unpaired) electrons. The number of anilines is 2. The maximum Gasteiger partial charge on any atom is 0.416 e. The number of aromatic nitrogens is 2. The molecule has 0 saturated carbocycles. The van der Waals surface area contributed by atoms with E-state index in [9.17, 15) is 18.0 Å². The fraction of sp³-hybridized carbons (Fsp3) is 0.312. The van der Waals surface area contributed by atoms with Crippen molar-refractivity contribution >= 4 is 29.1 Å². The van der Waals surface area contributed by atoms with Gasteiger partial charge in [-0.25, -0.2) is 9.97 Å². The molecule has 0 unspecified atom stereocenters. The molecule has 0 spiro atoms. The van der Waals surface area contributed by atoms with Crippen molar-refractivity contribution in [3.8, 4) is 0 Å². The number of alkyl halides is 3. The van der Waals surface area contributed by atoms with E-state index in [1.165, 1.54) is 12.3 Å². The second-order valence-corrected chi connectivity index (χ2v) is 6.05. The van der Waals surface area contributed by atoms with Gasteiger partial charge in [0.15, 0.2) is 0 Å². The Morgan fingerprint density at radius 2 is 2.00 bits per heavy atom. The molecule has 1 heterocycles. The molecule has 0 aliphatic carbocycles. The lowest BCUT2D eigenvalue weighted by Gasteiger charge is -2.12. The van der Waals surface area contributed by atoms with Crippen LogP contribution in [0.2, 0.25) is 5.02 Å². The minimum atomic E-state index is -4.50. The second-order valence-electron chi connectivity index (χ2n) is 5.64. The van der Waals surface area contributed by atoms with Gasteiger partial charge < -0.3 is 15.5 Å². The molecule has 0 bridgehead atoms. The van der Waals surface area contributed by atoms with Gasteiger partial charge in [0.1, 0.15) is 5.69 Å². The Balaban J connectivity index is 2.15. The lowest BCUT2D eigenvalue weighted by Crippen LogP contribution is -2.31. The molecule has 1 amide bonds. The van der Waals surface area contributed by atoms with Crippen molar-refractivity contribution in [2.75, 3.05) is 32.5 Å². The first-order chi connectivity index (χ1) is 12.2. The molecule has 0 saturated heterocycles. The Hall–Kier alpha value is -2.39. The van der Waals surface area contributed by atoms with Gasteiger partial charge in [0.2, 0.25) is 5.95 Å². The van der Waals surface area contributed by atoms with Crippen molar-refractivity contribution < 1.29 is 18.0 Å². The minimum Gasteiger partial charge on any atom is -0.349 e. The van der Waals surface area contributed by atoms with Crippen LogP contribution in [0.4, 0.5) is 24.8 Å². The van der Waals surface area contributed by atoms with Crippen LogP contribution in [0.5, 0.6) is 0 Å². The quantitative estimate of drug-likeness (QED) is 0.796. The first-order valence-corrected chi connectivity index (χ1v) is 7.94. The smallest absolute Gasteiger partial charge is 0.349 e. The molecule has 0 aliphatic heterocycles. The molecular weight excluding hydrogens is 371 g/mol. The van der Waals surface area contributed by atoms with E-state index in [0.29, 0.717) is 13.1 Å². The normalized spacial score (nSPS) is 11.5. The SMILES string of the molecule is CN(C)CCNC(=O)c1ccnc(Nc2cc(C(F)(F)F)ccc2Cl)n1. The number of hydrogen-bond donors (Lipinski definition) is 2. The molecule has 6 nitrogen and oxygen atoms in total. The largest absolute Gasteiger partial charge is 0.416 e. The summed E-state index contributed by atoms with van der Waals surface area (Å²) in [5.74, 6) is -0.445. The van der Waals surface area contributed by atoms with Crippen LogP contribution in [0, 0.1) is 0 Å². The van der Waals surface area contributed by atoms with Gasteiger partial charge in [-0.05, 0) is 38.4 Å². The molecule has 2 N–H and O–H groups in total. The summed E-state index contributed by atoms with van der Waals surface area (Å²) in [5.41, 5.74) is -0.780. The Bertz CT molecular complexity index is 783. The molecule has 2 aromatic rings. The van der Waals surface area contributed by atoms with Crippen LogP contribution in [-0.4, -0.2) is 48.0 Å². The van der Waals surface area contributed by atoms with Crippen molar-refractivity contribution in [2.45, 2.75) is 6.18 Å². The Kier molecular flexibility index (Phi) is 6.38. The molecule has 1 aromatic heterocycles. The summed E-state index contributed by atoms with van der Waals surface area (Å²) in [6.07, 6.45) is -3.17. The predicted octanol–water partition coefficient (Wildman–Crippen LogP) is 3.18. The lowest BCUT2D eigenvalue weighted by molar-refractivity contribution is -0.137. The monoisotopic (exact) mass is 387 g/mol. The van der Waals surface area contributed by atoms with Gasteiger partial charge in [-0.3, -0.25) is 4.79 Å². The van der Waals surface area contributed by atoms with Crippen LogP contribution in [0.25, 0.3) is 0 Å². The fourth-order valence-electron chi connectivity index (χ4n) is 1.95. The number of amides is 1. The third-order valence-electron chi connectivity index (χ3n) is 3.27. The number of carbonyl (C=O) groups excluding carboxylic acids is 1. The molecule has 26 heavy (non-hydrogen) atoms. The molecule has 0 aliphatic rings.